The molecule has 0 spiro atoms. The fourth-order valence-corrected chi connectivity index (χ4v) is 4.13. The van der Waals surface area contributed by atoms with Crippen LogP contribution in [0.5, 0.6) is 0 Å². The molecule has 0 heterocycles. The SMILES string of the molecule is OC1c2ccccc2C2c3ccccc3C1C2Cl. The van der Waals surface area contributed by atoms with E-state index in [4.69, 9.17) is 11.6 Å². The van der Waals surface area contributed by atoms with Crippen molar-refractivity contribution in [2.75, 3.05) is 0 Å². The van der Waals surface area contributed by atoms with Gasteiger partial charge < -0.3 is 5.11 Å². The Labute approximate surface area is 111 Å². The molecular weight excluding hydrogens is 244 g/mol. The van der Waals surface area contributed by atoms with Crippen molar-refractivity contribution in [1.29, 1.82) is 0 Å². The lowest BCUT2D eigenvalue weighted by molar-refractivity contribution is 0.137. The van der Waals surface area contributed by atoms with Crippen molar-refractivity contribution >= 4 is 11.6 Å². The van der Waals surface area contributed by atoms with Crippen LogP contribution in [0.25, 0.3) is 0 Å². The topological polar surface area (TPSA) is 20.2 Å². The Kier molecular flexibility index (Phi) is 2.12. The Morgan fingerprint density at radius 2 is 1.28 bits per heavy atom. The first-order valence-corrected chi connectivity index (χ1v) is 6.72. The Bertz CT molecular complexity index is 622. The number of alkyl halides is 1. The van der Waals surface area contributed by atoms with Crippen molar-refractivity contribution < 1.29 is 5.11 Å². The van der Waals surface area contributed by atoms with E-state index < -0.39 is 6.10 Å². The maximum Gasteiger partial charge on any atom is 0.0876 e. The normalized spacial score (nSPS) is 31.9. The zero-order valence-corrected chi connectivity index (χ0v) is 10.5. The fraction of sp³-hybridized carbons (Fsp3) is 0.250. The van der Waals surface area contributed by atoms with E-state index in [-0.39, 0.29) is 17.2 Å². The van der Waals surface area contributed by atoms with E-state index in [1.54, 1.807) is 0 Å². The second kappa shape index (κ2) is 3.59. The molecule has 1 nitrogen and oxygen atoms in total. The van der Waals surface area contributed by atoms with Crippen molar-refractivity contribution in [3.63, 3.8) is 0 Å². The van der Waals surface area contributed by atoms with Crippen LogP contribution < -0.4 is 0 Å². The van der Waals surface area contributed by atoms with Crippen molar-refractivity contribution in [1.82, 2.24) is 0 Å². The molecule has 0 aromatic heterocycles. The van der Waals surface area contributed by atoms with E-state index in [9.17, 15) is 5.11 Å². The summed E-state index contributed by atoms with van der Waals surface area (Å²) < 4.78 is 0. The molecule has 4 unspecified atom stereocenters. The second-order valence-corrected chi connectivity index (χ2v) is 5.65. The van der Waals surface area contributed by atoms with Crippen molar-refractivity contribution in [3.05, 3.63) is 70.8 Å². The summed E-state index contributed by atoms with van der Waals surface area (Å²) >= 11 is 6.61. The van der Waals surface area contributed by atoms with Gasteiger partial charge in [-0.1, -0.05) is 48.5 Å². The summed E-state index contributed by atoms with van der Waals surface area (Å²) in [4.78, 5) is 0. The zero-order valence-electron chi connectivity index (χ0n) is 9.75. The Morgan fingerprint density at radius 1 is 0.778 bits per heavy atom. The van der Waals surface area contributed by atoms with Gasteiger partial charge in [0.25, 0.3) is 0 Å². The van der Waals surface area contributed by atoms with Gasteiger partial charge in [0.2, 0.25) is 0 Å². The summed E-state index contributed by atoms with van der Waals surface area (Å²) in [7, 11) is 0. The van der Waals surface area contributed by atoms with Gasteiger partial charge in [-0.05, 0) is 22.3 Å². The number of benzene rings is 2. The number of aliphatic hydroxyl groups excluding tert-OH is 1. The third-order valence-corrected chi connectivity index (χ3v) is 4.87. The molecule has 0 saturated carbocycles. The summed E-state index contributed by atoms with van der Waals surface area (Å²) in [5.74, 6) is 0.259. The molecule has 0 radical (unpaired) electrons. The van der Waals surface area contributed by atoms with Crippen molar-refractivity contribution in [3.8, 4) is 0 Å². The lowest BCUT2D eigenvalue weighted by Gasteiger charge is -2.32. The standard InChI is InChI=1S/C16H13ClO/c17-15-13-9-5-1-2-6-10(9)14(15)16(18)12-8-4-3-7-11(12)13/h1-8,13-16,18H. The van der Waals surface area contributed by atoms with Crippen LogP contribution >= 0.6 is 11.6 Å². The van der Waals surface area contributed by atoms with Crippen LogP contribution in [0, 0.1) is 0 Å². The highest BCUT2D eigenvalue weighted by Gasteiger charge is 2.48. The summed E-state index contributed by atoms with van der Waals surface area (Å²) in [5, 5.41) is 10.5. The van der Waals surface area contributed by atoms with Gasteiger partial charge in [0.05, 0.1) is 11.5 Å². The van der Waals surface area contributed by atoms with Crippen LogP contribution in [0.15, 0.2) is 48.5 Å². The summed E-state index contributed by atoms with van der Waals surface area (Å²) in [5.41, 5.74) is 4.73. The minimum Gasteiger partial charge on any atom is -0.388 e. The molecule has 0 saturated heterocycles. The van der Waals surface area contributed by atoms with Crippen LogP contribution in [-0.4, -0.2) is 10.5 Å². The summed E-state index contributed by atoms with van der Waals surface area (Å²) in [6.07, 6.45) is -0.483. The lowest BCUT2D eigenvalue weighted by Crippen LogP contribution is -2.26. The number of hydrogen-bond donors (Lipinski definition) is 1. The molecule has 4 rings (SSSR count). The Hall–Kier alpha value is -1.31. The predicted octanol–water partition coefficient (Wildman–Crippen LogP) is 3.57. The summed E-state index contributed by atoms with van der Waals surface area (Å²) in [6, 6.07) is 16.5. The highest BCUT2D eigenvalue weighted by Crippen LogP contribution is 2.57. The average molecular weight is 257 g/mol. The van der Waals surface area contributed by atoms with Gasteiger partial charge in [-0.2, -0.15) is 0 Å². The fourth-order valence-electron chi connectivity index (χ4n) is 3.59. The molecule has 2 heteroatoms. The molecular formula is C16H13ClO. The van der Waals surface area contributed by atoms with Crippen LogP contribution in [0.2, 0.25) is 0 Å². The monoisotopic (exact) mass is 256 g/mol. The largest absolute Gasteiger partial charge is 0.388 e. The third-order valence-electron chi connectivity index (χ3n) is 4.34. The molecule has 1 N–H and O–H groups in total. The molecule has 0 aliphatic heterocycles. The minimum absolute atomic E-state index is 0.0303. The van der Waals surface area contributed by atoms with Crippen molar-refractivity contribution in [2.45, 2.75) is 23.3 Å². The van der Waals surface area contributed by atoms with Gasteiger partial charge in [-0.15, -0.1) is 11.6 Å². The van der Waals surface area contributed by atoms with E-state index in [0.717, 1.165) is 5.56 Å². The van der Waals surface area contributed by atoms with E-state index in [0.29, 0.717) is 0 Å². The molecule has 0 amide bonds. The van der Waals surface area contributed by atoms with Crippen molar-refractivity contribution in [2.24, 2.45) is 0 Å². The van der Waals surface area contributed by atoms with Crippen LogP contribution in [0.3, 0.4) is 0 Å². The Morgan fingerprint density at radius 3 is 1.94 bits per heavy atom. The smallest absolute Gasteiger partial charge is 0.0876 e. The van der Waals surface area contributed by atoms with E-state index >= 15 is 0 Å². The van der Waals surface area contributed by atoms with Crippen LogP contribution in [-0.2, 0) is 0 Å². The lowest BCUT2D eigenvalue weighted by atomic mass is 9.79. The maximum absolute atomic E-state index is 10.6. The van der Waals surface area contributed by atoms with Gasteiger partial charge in [-0.25, -0.2) is 0 Å². The first-order chi connectivity index (χ1) is 8.79. The average Bonchev–Trinajstić information content (AvgIpc) is 2.63. The molecule has 0 fully saturated rings. The number of rotatable bonds is 0. The molecule has 2 aliphatic rings. The first-order valence-electron chi connectivity index (χ1n) is 6.29. The molecule has 2 bridgehead atoms. The zero-order chi connectivity index (χ0) is 12.3. The van der Waals surface area contributed by atoms with E-state index in [2.05, 4.69) is 24.3 Å². The third kappa shape index (κ3) is 1.16. The molecule has 18 heavy (non-hydrogen) atoms. The van der Waals surface area contributed by atoms with Crippen LogP contribution in [0.4, 0.5) is 0 Å². The molecule has 2 aromatic carbocycles. The predicted molar refractivity (Wildman–Crippen MR) is 72.1 cm³/mol. The Balaban J connectivity index is 2.04. The second-order valence-electron chi connectivity index (χ2n) is 5.15. The first kappa shape index (κ1) is 10.6. The molecule has 2 aliphatic carbocycles. The highest BCUT2D eigenvalue weighted by molar-refractivity contribution is 6.22. The summed E-state index contributed by atoms with van der Waals surface area (Å²) in [6.45, 7) is 0. The molecule has 2 aromatic rings. The highest BCUT2D eigenvalue weighted by atomic mass is 35.5. The van der Waals surface area contributed by atoms with E-state index in [1.165, 1.54) is 16.7 Å². The van der Waals surface area contributed by atoms with Gasteiger partial charge in [0.15, 0.2) is 0 Å². The van der Waals surface area contributed by atoms with Crippen LogP contribution in [0.1, 0.15) is 40.2 Å². The minimum atomic E-state index is -0.483. The maximum atomic E-state index is 10.6. The number of fused-ring (bicyclic) bond motifs is 7. The van der Waals surface area contributed by atoms with Gasteiger partial charge >= 0.3 is 0 Å². The van der Waals surface area contributed by atoms with Gasteiger partial charge in [0.1, 0.15) is 0 Å². The van der Waals surface area contributed by atoms with Gasteiger partial charge in [-0.3, -0.25) is 0 Å². The quantitative estimate of drug-likeness (QED) is 0.715. The van der Waals surface area contributed by atoms with E-state index in [1.807, 2.05) is 24.3 Å². The molecule has 90 valence electrons. The number of aliphatic hydroxyl groups is 1. The number of hydrogen-bond acceptors (Lipinski definition) is 1. The van der Waals surface area contributed by atoms with Gasteiger partial charge in [0, 0.05) is 11.8 Å². The molecule has 4 atom stereocenters. The number of halogens is 1.